The molecule has 10 heteroatoms. The smallest absolute Gasteiger partial charge is 0.313 e. The molecule has 0 spiro atoms. The number of nitrogens with zero attached hydrogens (tertiary/aromatic N) is 4. The second-order valence-electron chi connectivity index (χ2n) is 9.51. The maximum absolute atomic E-state index is 13.6. The van der Waals surface area contributed by atoms with Crippen LogP contribution in [0.25, 0.3) is 33.9 Å². The lowest BCUT2D eigenvalue weighted by Crippen LogP contribution is -2.13. The minimum Gasteiger partial charge on any atom is -0.455 e. The molecular weight excluding hydrogens is 494 g/mol. The lowest BCUT2D eigenvalue weighted by molar-refractivity contribution is 0.587. The molecule has 5 aromatic rings. The van der Waals surface area contributed by atoms with Crippen LogP contribution in [0, 0.1) is 20.8 Å². The minimum absolute atomic E-state index is 0.0438. The summed E-state index contributed by atoms with van der Waals surface area (Å²) in [7, 11) is 1.68. The Hall–Kier alpha value is -4.99. The first-order chi connectivity index (χ1) is 18.7. The Morgan fingerprint density at radius 1 is 1.03 bits per heavy atom. The Bertz CT molecular complexity index is 1800. The van der Waals surface area contributed by atoms with E-state index < -0.39 is 0 Å². The van der Waals surface area contributed by atoms with Crippen LogP contribution in [0.2, 0.25) is 0 Å². The van der Waals surface area contributed by atoms with Crippen LogP contribution in [0.5, 0.6) is 0 Å². The lowest BCUT2D eigenvalue weighted by atomic mass is 9.98. The van der Waals surface area contributed by atoms with E-state index in [2.05, 4.69) is 25.5 Å². The number of aliphatic imine (C=N–C) groups is 1. The van der Waals surface area contributed by atoms with Crippen LogP contribution in [-0.2, 0) is 0 Å². The van der Waals surface area contributed by atoms with Gasteiger partial charge in [0.25, 0.3) is 5.89 Å². The number of aryl methyl sites for hydroxylation is 2. The Balaban J connectivity index is 1.65. The van der Waals surface area contributed by atoms with Crippen LogP contribution in [0.4, 0.5) is 17.4 Å². The summed E-state index contributed by atoms with van der Waals surface area (Å²) in [5.74, 6) is 0.689. The quantitative estimate of drug-likeness (QED) is 0.200. The molecule has 0 aliphatic carbocycles. The molecule has 1 atom stereocenters. The van der Waals surface area contributed by atoms with Crippen molar-refractivity contribution in [1.29, 1.82) is 0 Å². The molecule has 0 saturated carbocycles. The molecule has 0 radical (unpaired) electrons. The van der Waals surface area contributed by atoms with E-state index in [-0.39, 0.29) is 23.4 Å². The summed E-state index contributed by atoms with van der Waals surface area (Å²) in [6, 6.07) is 12.8. The fourth-order valence-electron chi connectivity index (χ4n) is 4.61. The number of pyridine rings is 1. The van der Waals surface area contributed by atoms with Crippen LogP contribution < -0.4 is 22.2 Å². The van der Waals surface area contributed by atoms with Gasteiger partial charge in [0.2, 0.25) is 0 Å². The Labute approximate surface area is 224 Å². The first-order valence-electron chi connectivity index (χ1n) is 12.4. The van der Waals surface area contributed by atoms with Crippen molar-refractivity contribution in [2.45, 2.75) is 33.7 Å². The van der Waals surface area contributed by atoms with Crippen molar-refractivity contribution >= 4 is 34.6 Å². The number of hydrogen-bond acceptors (Lipinski definition) is 10. The third-order valence-electron chi connectivity index (χ3n) is 6.53. The second-order valence-corrected chi connectivity index (χ2v) is 9.51. The van der Waals surface area contributed by atoms with Gasteiger partial charge in [0, 0.05) is 46.9 Å². The molecule has 0 saturated heterocycles. The molecule has 0 aliphatic heterocycles. The van der Waals surface area contributed by atoms with Crippen molar-refractivity contribution in [1.82, 2.24) is 15.2 Å². The third kappa shape index (κ3) is 4.84. The average molecular weight is 524 g/mol. The van der Waals surface area contributed by atoms with Crippen LogP contribution in [0.15, 0.2) is 61.1 Å². The van der Waals surface area contributed by atoms with Gasteiger partial charge in [0.15, 0.2) is 11.1 Å². The number of nitrogens with two attached hydrogens (primary N) is 2. The first-order valence-corrected chi connectivity index (χ1v) is 12.4. The monoisotopic (exact) mass is 523 g/mol. The summed E-state index contributed by atoms with van der Waals surface area (Å²) in [6.07, 6.45) is 1.68. The van der Waals surface area contributed by atoms with Crippen molar-refractivity contribution in [3.05, 3.63) is 80.6 Å². The van der Waals surface area contributed by atoms with Crippen molar-refractivity contribution in [3.63, 3.8) is 0 Å². The Morgan fingerprint density at radius 3 is 2.54 bits per heavy atom. The molecule has 0 fully saturated rings. The van der Waals surface area contributed by atoms with Gasteiger partial charge in [-0.2, -0.15) is 0 Å². The standard InChI is InChI=1S/C29H29N7O3/c1-14-10-20(17(4)34-23-9-6-15(2)33-24(23)28-35-36-29(31)39-28)27-21(11-14)25(37)16(3)26(38-27)18-7-8-22(30)19(12-18)13-32-5/h6-13,17,34H,30H2,1-5H3,(H2,31,36). The van der Waals surface area contributed by atoms with Gasteiger partial charge in [0.05, 0.1) is 17.1 Å². The molecule has 5 rings (SSSR count). The molecule has 10 nitrogen and oxygen atoms in total. The third-order valence-corrected chi connectivity index (χ3v) is 6.53. The van der Waals surface area contributed by atoms with E-state index in [0.29, 0.717) is 39.4 Å². The van der Waals surface area contributed by atoms with Crippen LogP contribution in [-0.4, -0.2) is 28.4 Å². The molecular formula is C29H29N7O3. The zero-order valence-electron chi connectivity index (χ0n) is 22.4. The number of anilines is 3. The normalized spacial score (nSPS) is 12.3. The maximum Gasteiger partial charge on any atom is 0.313 e. The maximum atomic E-state index is 13.6. The highest BCUT2D eigenvalue weighted by Crippen LogP contribution is 2.34. The van der Waals surface area contributed by atoms with E-state index in [1.54, 1.807) is 26.3 Å². The predicted octanol–water partition coefficient (Wildman–Crippen LogP) is 5.22. The number of fused-ring (bicyclic) bond motifs is 1. The summed E-state index contributed by atoms with van der Waals surface area (Å²) in [6.45, 7) is 7.58. The van der Waals surface area contributed by atoms with Gasteiger partial charge in [-0.15, -0.1) is 5.10 Å². The van der Waals surface area contributed by atoms with E-state index >= 15 is 0 Å². The average Bonchev–Trinajstić information content (AvgIpc) is 3.34. The molecule has 0 amide bonds. The highest BCUT2D eigenvalue weighted by Gasteiger charge is 2.21. The van der Waals surface area contributed by atoms with Gasteiger partial charge < -0.3 is 25.6 Å². The SMILES string of the molecule is CN=Cc1cc(-c2oc3c(C(C)Nc4ccc(C)nc4-c4nnc(N)o4)cc(C)cc3c(=O)c2C)ccc1N. The molecule has 3 heterocycles. The van der Waals surface area contributed by atoms with Crippen molar-refractivity contribution in [3.8, 4) is 22.9 Å². The fraction of sp³-hybridized carbons (Fsp3) is 0.207. The summed E-state index contributed by atoms with van der Waals surface area (Å²) < 4.78 is 12.0. The van der Waals surface area contributed by atoms with Crippen LogP contribution in [0.3, 0.4) is 0 Å². The first kappa shape index (κ1) is 25.7. The van der Waals surface area contributed by atoms with E-state index in [4.69, 9.17) is 20.3 Å². The fourth-order valence-corrected chi connectivity index (χ4v) is 4.61. The summed E-state index contributed by atoms with van der Waals surface area (Å²) in [5.41, 5.74) is 18.4. The van der Waals surface area contributed by atoms with Gasteiger partial charge in [-0.25, -0.2) is 4.98 Å². The molecule has 2 aromatic carbocycles. The number of benzene rings is 2. The molecule has 39 heavy (non-hydrogen) atoms. The number of nitrogens with one attached hydrogen (secondary N) is 1. The molecule has 0 aliphatic rings. The second kappa shape index (κ2) is 10.1. The van der Waals surface area contributed by atoms with E-state index in [1.807, 2.05) is 57.2 Å². The molecule has 198 valence electrons. The van der Waals surface area contributed by atoms with Gasteiger partial charge >= 0.3 is 6.01 Å². The van der Waals surface area contributed by atoms with Crippen molar-refractivity contribution < 1.29 is 8.83 Å². The zero-order chi connectivity index (χ0) is 27.8. The number of nitrogen functional groups attached to an aromatic ring is 2. The van der Waals surface area contributed by atoms with E-state index in [1.165, 1.54) is 0 Å². The number of aromatic nitrogens is 3. The highest BCUT2D eigenvalue weighted by molar-refractivity contribution is 5.90. The van der Waals surface area contributed by atoms with E-state index in [0.717, 1.165) is 27.9 Å². The minimum atomic E-state index is -0.288. The van der Waals surface area contributed by atoms with E-state index in [9.17, 15) is 4.79 Å². The molecule has 1 unspecified atom stereocenters. The summed E-state index contributed by atoms with van der Waals surface area (Å²) in [5, 5.41) is 11.8. The molecule has 3 aromatic heterocycles. The topological polar surface area (TPSA) is 158 Å². The van der Waals surface area contributed by atoms with Gasteiger partial charge in [-0.3, -0.25) is 9.79 Å². The number of hydrogen-bond donors (Lipinski definition) is 3. The molecule has 0 bridgehead atoms. The largest absolute Gasteiger partial charge is 0.455 e. The number of rotatable bonds is 6. The lowest BCUT2D eigenvalue weighted by Gasteiger charge is -2.20. The zero-order valence-corrected chi connectivity index (χ0v) is 22.4. The van der Waals surface area contributed by atoms with Crippen LogP contribution >= 0.6 is 0 Å². The summed E-state index contributed by atoms with van der Waals surface area (Å²) >= 11 is 0. The van der Waals surface area contributed by atoms with Gasteiger partial charge in [-0.1, -0.05) is 11.2 Å². The van der Waals surface area contributed by atoms with Crippen LogP contribution in [0.1, 0.15) is 40.9 Å². The predicted molar refractivity (Wildman–Crippen MR) is 154 cm³/mol. The van der Waals surface area contributed by atoms with Gasteiger partial charge in [-0.05, 0) is 69.7 Å². The Morgan fingerprint density at radius 2 is 1.82 bits per heavy atom. The highest BCUT2D eigenvalue weighted by atomic mass is 16.4. The summed E-state index contributed by atoms with van der Waals surface area (Å²) in [4.78, 5) is 22.2. The Kier molecular flexibility index (Phi) is 6.61. The van der Waals surface area contributed by atoms with Crippen molar-refractivity contribution in [2.24, 2.45) is 4.99 Å². The van der Waals surface area contributed by atoms with Gasteiger partial charge in [0.1, 0.15) is 11.3 Å². The van der Waals surface area contributed by atoms with Crippen molar-refractivity contribution in [2.75, 3.05) is 23.8 Å². The molecule has 5 N–H and O–H groups in total.